The summed E-state index contributed by atoms with van der Waals surface area (Å²) < 4.78 is 0. The first-order chi connectivity index (χ1) is 17.3. The topological polar surface area (TPSA) is 115 Å². The number of hydrogen-bond acceptors (Lipinski definition) is 6. The highest BCUT2D eigenvalue weighted by Gasteiger charge is 2.21. The number of carbonyl (C=O) groups excluding carboxylic acids is 1. The van der Waals surface area contributed by atoms with E-state index in [1.807, 2.05) is 48.5 Å². The maximum Gasteiger partial charge on any atom is 0.255 e. The molecule has 0 saturated carbocycles. The van der Waals surface area contributed by atoms with Gasteiger partial charge in [0.2, 0.25) is 0 Å². The molecule has 1 fully saturated rings. The Morgan fingerprint density at radius 3 is 2.61 bits per heavy atom. The number of anilines is 2. The van der Waals surface area contributed by atoms with E-state index in [1.54, 1.807) is 6.20 Å². The van der Waals surface area contributed by atoms with Gasteiger partial charge in [0.15, 0.2) is 11.5 Å². The van der Waals surface area contributed by atoms with Crippen LogP contribution in [0.15, 0.2) is 54.7 Å². The van der Waals surface area contributed by atoms with Crippen LogP contribution in [-0.4, -0.2) is 45.3 Å². The van der Waals surface area contributed by atoms with Crippen molar-refractivity contribution in [2.24, 2.45) is 0 Å². The molecule has 2 aromatic carbocycles. The summed E-state index contributed by atoms with van der Waals surface area (Å²) in [6.45, 7) is 8.05. The summed E-state index contributed by atoms with van der Waals surface area (Å²) >= 11 is 0. The third kappa shape index (κ3) is 4.69. The van der Waals surface area contributed by atoms with Crippen LogP contribution in [0.4, 0.5) is 11.5 Å². The van der Waals surface area contributed by atoms with Gasteiger partial charge in [0, 0.05) is 35.6 Å². The monoisotopic (exact) mass is 484 g/mol. The average molecular weight is 485 g/mol. The largest absolute Gasteiger partial charge is 0.392 e. The molecule has 5 N–H and O–H groups in total. The van der Waals surface area contributed by atoms with Crippen LogP contribution < -0.4 is 16.0 Å². The Hall–Kier alpha value is -3.75. The maximum atomic E-state index is 13.1. The Balaban J connectivity index is 1.49. The van der Waals surface area contributed by atoms with Crippen molar-refractivity contribution in [3.63, 3.8) is 0 Å². The number of aliphatic hydroxyl groups excluding tert-OH is 1. The van der Waals surface area contributed by atoms with Crippen LogP contribution >= 0.6 is 0 Å². The van der Waals surface area contributed by atoms with Crippen molar-refractivity contribution >= 4 is 28.4 Å². The highest BCUT2D eigenvalue weighted by molar-refractivity contribution is 6.06. The van der Waals surface area contributed by atoms with Gasteiger partial charge in [-0.1, -0.05) is 45.0 Å². The second-order valence-corrected chi connectivity index (χ2v) is 10.3. The molecule has 0 bridgehead atoms. The Kier molecular flexibility index (Phi) is 6.47. The van der Waals surface area contributed by atoms with Gasteiger partial charge in [-0.15, -0.1) is 0 Å². The van der Waals surface area contributed by atoms with Gasteiger partial charge in [0.25, 0.3) is 5.91 Å². The number of H-pyrrole nitrogens is 1. The fourth-order valence-electron chi connectivity index (χ4n) is 4.69. The Labute approximate surface area is 210 Å². The van der Waals surface area contributed by atoms with E-state index < -0.39 is 0 Å². The lowest BCUT2D eigenvalue weighted by atomic mass is 9.86. The van der Waals surface area contributed by atoms with Gasteiger partial charge in [-0.3, -0.25) is 9.89 Å². The highest BCUT2D eigenvalue weighted by Crippen LogP contribution is 2.36. The van der Waals surface area contributed by atoms with Crippen molar-refractivity contribution in [2.45, 2.75) is 45.3 Å². The molecule has 1 aliphatic rings. The van der Waals surface area contributed by atoms with Crippen molar-refractivity contribution < 1.29 is 9.90 Å². The number of pyridine rings is 1. The van der Waals surface area contributed by atoms with E-state index >= 15 is 0 Å². The number of fused-ring (bicyclic) bond motifs is 1. The number of aromatic amines is 1. The van der Waals surface area contributed by atoms with E-state index in [1.165, 1.54) is 0 Å². The molecule has 0 spiro atoms. The first-order valence-corrected chi connectivity index (χ1v) is 12.3. The number of rotatable bonds is 6. The third-order valence-corrected chi connectivity index (χ3v) is 6.75. The first kappa shape index (κ1) is 24.0. The summed E-state index contributed by atoms with van der Waals surface area (Å²) in [7, 11) is 0. The Morgan fingerprint density at radius 2 is 1.92 bits per heavy atom. The molecule has 0 aliphatic carbocycles. The minimum Gasteiger partial charge on any atom is -0.392 e. The summed E-state index contributed by atoms with van der Waals surface area (Å²) in [4.78, 5) is 17.5. The van der Waals surface area contributed by atoms with E-state index in [0.29, 0.717) is 22.5 Å². The van der Waals surface area contributed by atoms with Crippen LogP contribution in [0.3, 0.4) is 0 Å². The molecular formula is C28H32N6O2. The van der Waals surface area contributed by atoms with Crippen molar-refractivity contribution in [2.75, 3.05) is 23.7 Å². The summed E-state index contributed by atoms with van der Waals surface area (Å²) in [5, 5.41) is 28.6. The fourth-order valence-corrected chi connectivity index (χ4v) is 4.69. The molecule has 2 aromatic heterocycles. The lowest BCUT2D eigenvalue weighted by molar-refractivity contribution is 0.102. The Morgan fingerprint density at radius 1 is 1.11 bits per heavy atom. The standard InChI is InChI=1S/C28H32N6O2/c1-28(2,3)18-9-7-17(8-10-18)27(36)32-23-6-4-5-20(22(23)16-35)21-12-14-30-25-24(21)26(34-33-25)31-19-11-13-29-15-19/h4-10,12,14,19,29,35H,11,13,15-16H2,1-3H3,(H,32,36)(H2,30,31,33,34)/t19-/m1/s1. The average Bonchev–Trinajstić information content (AvgIpc) is 3.54. The maximum absolute atomic E-state index is 13.1. The zero-order valence-corrected chi connectivity index (χ0v) is 20.9. The van der Waals surface area contributed by atoms with Crippen LogP contribution in [0.5, 0.6) is 0 Å². The Bertz CT molecular complexity index is 1380. The highest BCUT2D eigenvalue weighted by atomic mass is 16.3. The molecule has 186 valence electrons. The molecule has 36 heavy (non-hydrogen) atoms. The number of aliphatic hydroxyl groups is 1. The molecule has 1 amide bonds. The fraction of sp³-hybridized carbons (Fsp3) is 0.321. The predicted octanol–water partition coefficient (Wildman–Crippen LogP) is 4.44. The first-order valence-electron chi connectivity index (χ1n) is 12.3. The summed E-state index contributed by atoms with van der Waals surface area (Å²) in [6.07, 6.45) is 2.74. The smallest absolute Gasteiger partial charge is 0.255 e. The van der Waals surface area contributed by atoms with Crippen LogP contribution in [0.25, 0.3) is 22.2 Å². The van der Waals surface area contributed by atoms with Gasteiger partial charge in [0.05, 0.1) is 12.0 Å². The number of carbonyl (C=O) groups is 1. The lowest BCUT2D eigenvalue weighted by Gasteiger charge is -2.19. The lowest BCUT2D eigenvalue weighted by Crippen LogP contribution is -2.22. The van der Waals surface area contributed by atoms with E-state index in [4.69, 9.17) is 0 Å². The number of nitrogens with zero attached hydrogens (tertiary/aromatic N) is 2. The van der Waals surface area contributed by atoms with Crippen molar-refractivity contribution in [3.05, 3.63) is 71.4 Å². The molecule has 8 heteroatoms. The van der Waals surface area contributed by atoms with Gasteiger partial charge in [-0.05, 0) is 59.3 Å². The van der Waals surface area contributed by atoms with Gasteiger partial charge >= 0.3 is 0 Å². The number of amides is 1. The van der Waals surface area contributed by atoms with Gasteiger partial charge in [-0.25, -0.2) is 4.98 Å². The number of hydrogen-bond donors (Lipinski definition) is 5. The second kappa shape index (κ2) is 9.72. The molecule has 1 aliphatic heterocycles. The molecule has 0 radical (unpaired) electrons. The number of nitrogens with one attached hydrogen (secondary N) is 4. The van der Waals surface area contributed by atoms with E-state index in [0.717, 1.165) is 47.4 Å². The van der Waals surface area contributed by atoms with E-state index in [9.17, 15) is 9.90 Å². The van der Waals surface area contributed by atoms with Gasteiger partial charge < -0.3 is 21.1 Å². The minimum absolute atomic E-state index is 0.0122. The predicted molar refractivity (Wildman–Crippen MR) is 143 cm³/mol. The van der Waals surface area contributed by atoms with Crippen LogP contribution in [-0.2, 0) is 12.0 Å². The molecule has 3 heterocycles. The van der Waals surface area contributed by atoms with Crippen molar-refractivity contribution in [1.29, 1.82) is 0 Å². The second-order valence-electron chi connectivity index (χ2n) is 10.3. The van der Waals surface area contributed by atoms with Crippen LogP contribution in [0.2, 0.25) is 0 Å². The molecule has 0 unspecified atom stereocenters. The number of benzene rings is 2. The minimum atomic E-state index is -0.230. The molecule has 4 aromatic rings. The van der Waals surface area contributed by atoms with E-state index in [-0.39, 0.29) is 24.0 Å². The summed E-state index contributed by atoms with van der Waals surface area (Å²) in [5.41, 5.74) is 5.32. The van der Waals surface area contributed by atoms with Crippen LogP contribution in [0, 0.1) is 0 Å². The molecule has 1 saturated heterocycles. The number of aromatic nitrogens is 3. The zero-order valence-electron chi connectivity index (χ0n) is 20.9. The third-order valence-electron chi connectivity index (χ3n) is 6.75. The van der Waals surface area contributed by atoms with E-state index in [2.05, 4.69) is 51.9 Å². The molecule has 5 rings (SSSR count). The molecular weight excluding hydrogens is 452 g/mol. The SMILES string of the molecule is CC(C)(C)c1ccc(C(=O)Nc2cccc(-c3ccnc4[nH]nc(N[C@@H]5CCNC5)c34)c2CO)cc1. The zero-order chi connectivity index (χ0) is 25.3. The van der Waals surface area contributed by atoms with Crippen LogP contribution in [0.1, 0.15) is 48.7 Å². The van der Waals surface area contributed by atoms with Gasteiger partial charge in [-0.2, -0.15) is 5.10 Å². The normalized spacial score (nSPS) is 15.8. The quantitative estimate of drug-likeness (QED) is 0.276. The summed E-state index contributed by atoms with van der Waals surface area (Å²) in [5.74, 6) is 0.514. The van der Waals surface area contributed by atoms with Crippen molar-refractivity contribution in [1.82, 2.24) is 20.5 Å². The molecule has 8 nitrogen and oxygen atoms in total. The van der Waals surface area contributed by atoms with Crippen molar-refractivity contribution in [3.8, 4) is 11.1 Å². The van der Waals surface area contributed by atoms with Gasteiger partial charge in [0.1, 0.15) is 0 Å². The summed E-state index contributed by atoms with van der Waals surface area (Å²) in [6, 6.07) is 15.5. The molecule has 1 atom stereocenters.